The van der Waals surface area contributed by atoms with Crippen LogP contribution < -0.4 is 5.56 Å². The number of benzene rings is 1. The predicted octanol–water partition coefficient (Wildman–Crippen LogP) is 1.71. The zero-order valence-corrected chi connectivity index (χ0v) is 11.5. The Hall–Kier alpha value is -2.99. The number of rotatable bonds is 2. The summed E-state index contributed by atoms with van der Waals surface area (Å²) in [6, 6.07) is 9.08. The zero-order valence-electron chi connectivity index (χ0n) is 11.5. The highest BCUT2D eigenvalue weighted by Gasteiger charge is 2.18. The molecule has 0 radical (unpaired) electrons. The number of aromatic nitrogens is 4. The molecule has 2 aliphatic rings. The van der Waals surface area contributed by atoms with Crippen LogP contribution in [0.4, 0.5) is 0 Å². The number of pyridine rings is 2. The summed E-state index contributed by atoms with van der Waals surface area (Å²) in [4.78, 5) is 19.6. The molecule has 1 aromatic heterocycles. The minimum absolute atomic E-state index is 0.0290. The Morgan fingerprint density at radius 1 is 1.27 bits per heavy atom. The second kappa shape index (κ2) is 4.78. The van der Waals surface area contributed by atoms with E-state index < -0.39 is 0 Å². The predicted molar refractivity (Wildman–Crippen MR) is 82.0 cm³/mol. The van der Waals surface area contributed by atoms with E-state index in [0.717, 1.165) is 16.5 Å². The van der Waals surface area contributed by atoms with Crippen LogP contribution in [0, 0.1) is 0 Å². The van der Waals surface area contributed by atoms with Gasteiger partial charge in [0.15, 0.2) is 0 Å². The molecule has 0 fully saturated rings. The summed E-state index contributed by atoms with van der Waals surface area (Å²) in [5.74, 6) is 0. The third-order valence-electron chi connectivity index (χ3n) is 3.66. The SMILES string of the molecule is O=c1c2c[nH]c3cc(CO)ccc3c-2nn1-c1cccnc1. The summed E-state index contributed by atoms with van der Waals surface area (Å²) in [5.41, 5.74) is 3.23. The highest BCUT2D eigenvalue weighted by atomic mass is 16.3. The molecular formula is C16H12N4O2. The number of fused-ring (bicyclic) bond motifs is 3. The van der Waals surface area contributed by atoms with Crippen LogP contribution in [0.3, 0.4) is 0 Å². The molecule has 6 nitrogen and oxygen atoms in total. The minimum atomic E-state index is -0.188. The molecule has 0 aliphatic carbocycles. The molecule has 0 bridgehead atoms. The van der Waals surface area contributed by atoms with Gasteiger partial charge in [0.05, 0.1) is 24.1 Å². The van der Waals surface area contributed by atoms with Crippen molar-refractivity contribution in [2.75, 3.05) is 0 Å². The average Bonchev–Trinajstić information content (AvgIpc) is 2.92. The van der Waals surface area contributed by atoms with Gasteiger partial charge in [-0.1, -0.05) is 12.1 Å². The fourth-order valence-corrected chi connectivity index (χ4v) is 2.56. The van der Waals surface area contributed by atoms with Gasteiger partial charge in [0.2, 0.25) is 0 Å². The van der Waals surface area contributed by atoms with Crippen LogP contribution >= 0.6 is 0 Å². The first kappa shape index (κ1) is 12.7. The van der Waals surface area contributed by atoms with E-state index in [1.54, 1.807) is 30.7 Å². The van der Waals surface area contributed by atoms with E-state index >= 15 is 0 Å². The van der Waals surface area contributed by atoms with Crippen molar-refractivity contribution in [3.05, 3.63) is 64.8 Å². The Morgan fingerprint density at radius 3 is 2.95 bits per heavy atom. The molecule has 4 rings (SSSR count). The molecule has 108 valence electrons. The van der Waals surface area contributed by atoms with Gasteiger partial charge >= 0.3 is 0 Å². The third-order valence-corrected chi connectivity index (χ3v) is 3.66. The lowest BCUT2D eigenvalue weighted by atomic mass is 10.1. The number of hydrogen-bond acceptors (Lipinski definition) is 4. The molecule has 0 amide bonds. The molecule has 0 saturated heterocycles. The minimum Gasteiger partial charge on any atom is -0.392 e. The third kappa shape index (κ3) is 1.82. The smallest absolute Gasteiger partial charge is 0.282 e. The normalized spacial score (nSPS) is 11.3. The standard InChI is InChI=1S/C16H12N4O2/c21-9-10-3-4-12-14(6-10)18-8-13-15(12)19-20(16(13)22)11-2-1-5-17-7-11/h1-8,18,21H,9H2. The Bertz CT molecular complexity index is 988. The van der Waals surface area contributed by atoms with E-state index in [-0.39, 0.29) is 12.2 Å². The lowest BCUT2D eigenvalue weighted by Crippen LogP contribution is -2.14. The van der Waals surface area contributed by atoms with Crippen LogP contribution in [0.1, 0.15) is 5.56 Å². The van der Waals surface area contributed by atoms with Crippen LogP contribution in [0.2, 0.25) is 0 Å². The van der Waals surface area contributed by atoms with Crippen molar-refractivity contribution in [3.8, 4) is 16.9 Å². The molecule has 0 saturated carbocycles. The van der Waals surface area contributed by atoms with E-state index in [2.05, 4.69) is 15.1 Å². The molecule has 6 heteroatoms. The summed E-state index contributed by atoms with van der Waals surface area (Å²) in [6.07, 6.45) is 4.90. The molecule has 2 aliphatic heterocycles. The second-order valence-corrected chi connectivity index (χ2v) is 5.02. The number of aromatic amines is 1. The lowest BCUT2D eigenvalue weighted by molar-refractivity contribution is 0.282. The van der Waals surface area contributed by atoms with Crippen molar-refractivity contribution in [3.63, 3.8) is 0 Å². The van der Waals surface area contributed by atoms with Gasteiger partial charge in [-0.15, -0.1) is 0 Å². The van der Waals surface area contributed by atoms with Gasteiger partial charge in [-0.3, -0.25) is 9.78 Å². The maximum Gasteiger partial charge on any atom is 0.282 e. The number of hydrogen-bond donors (Lipinski definition) is 2. The largest absolute Gasteiger partial charge is 0.392 e. The zero-order chi connectivity index (χ0) is 15.1. The molecule has 2 aromatic rings. The maximum absolute atomic E-state index is 12.5. The highest BCUT2D eigenvalue weighted by molar-refractivity contribution is 5.93. The Balaban J connectivity index is 2.03. The molecule has 0 unspecified atom stereocenters. The van der Waals surface area contributed by atoms with Crippen molar-refractivity contribution in [1.82, 2.24) is 19.7 Å². The first-order valence-corrected chi connectivity index (χ1v) is 6.82. The van der Waals surface area contributed by atoms with E-state index in [0.29, 0.717) is 16.9 Å². The van der Waals surface area contributed by atoms with E-state index in [1.165, 1.54) is 4.68 Å². The summed E-state index contributed by atoms with van der Waals surface area (Å²) in [7, 11) is 0. The Morgan fingerprint density at radius 2 is 2.18 bits per heavy atom. The molecule has 0 spiro atoms. The van der Waals surface area contributed by atoms with Crippen LogP contribution in [-0.2, 0) is 6.61 Å². The summed E-state index contributed by atoms with van der Waals surface area (Å²) >= 11 is 0. The van der Waals surface area contributed by atoms with Crippen molar-refractivity contribution < 1.29 is 5.11 Å². The van der Waals surface area contributed by atoms with Gasteiger partial charge in [0.1, 0.15) is 5.69 Å². The first-order valence-electron chi connectivity index (χ1n) is 6.82. The first-order chi connectivity index (χ1) is 10.8. The fourth-order valence-electron chi connectivity index (χ4n) is 2.56. The van der Waals surface area contributed by atoms with Crippen LogP contribution in [0.15, 0.2) is 53.7 Å². The second-order valence-electron chi connectivity index (χ2n) is 5.02. The molecule has 1 aromatic carbocycles. The van der Waals surface area contributed by atoms with Crippen molar-refractivity contribution >= 4 is 10.9 Å². The van der Waals surface area contributed by atoms with Gasteiger partial charge < -0.3 is 10.1 Å². The molecule has 3 heterocycles. The topological polar surface area (TPSA) is 83.8 Å². The van der Waals surface area contributed by atoms with Gasteiger partial charge in [-0.25, -0.2) is 0 Å². The van der Waals surface area contributed by atoms with Crippen LogP contribution in [0.5, 0.6) is 0 Å². The van der Waals surface area contributed by atoms with Gasteiger partial charge in [0.25, 0.3) is 5.56 Å². The van der Waals surface area contributed by atoms with Gasteiger partial charge in [-0.2, -0.15) is 9.78 Å². The average molecular weight is 292 g/mol. The monoisotopic (exact) mass is 292 g/mol. The Kier molecular flexibility index (Phi) is 2.77. The number of H-pyrrole nitrogens is 1. The quantitative estimate of drug-likeness (QED) is 0.589. The summed E-state index contributed by atoms with van der Waals surface area (Å²) in [5, 5.41) is 14.5. The van der Waals surface area contributed by atoms with Crippen LogP contribution in [-0.4, -0.2) is 24.9 Å². The van der Waals surface area contributed by atoms with Crippen molar-refractivity contribution in [2.45, 2.75) is 6.61 Å². The number of nitrogens with zero attached hydrogens (tertiary/aromatic N) is 3. The number of nitrogens with one attached hydrogen (secondary N) is 1. The molecular weight excluding hydrogens is 280 g/mol. The van der Waals surface area contributed by atoms with E-state index in [1.807, 2.05) is 18.2 Å². The van der Waals surface area contributed by atoms with Gasteiger partial charge in [-0.05, 0) is 23.8 Å². The fraction of sp³-hybridized carbons (Fsp3) is 0.0625. The van der Waals surface area contributed by atoms with Crippen molar-refractivity contribution in [1.29, 1.82) is 0 Å². The highest BCUT2D eigenvalue weighted by Crippen LogP contribution is 2.26. The number of aliphatic hydroxyl groups is 1. The van der Waals surface area contributed by atoms with Gasteiger partial charge in [0, 0.05) is 23.3 Å². The van der Waals surface area contributed by atoms with Crippen molar-refractivity contribution in [2.24, 2.45) is 0 Å². The Labute approximate surface area is 125 Å². The molecule has 22 heavy (non-hydrogen) atoms. The van der Waals surface area contributed by atoms with E-state index in [4.69, 9.17) is 0 Å². The van der Waals surface area contributed by atoms with E-state index in [9.17, 15) is 9.90 Å². The maximum atomic E-state index is 12.5. The summed E-state index contributed by atoms with van der Waals surface area (Å²) in [6.45, 7) is -0.0290. The molecule has 2 N–H and O–H groups in total. The number of aliphatic hydroxyl groups excluding tert-OH is 1. The molecule has 0 atom stereocenters. The summed E-state index contributed by atoms with van der Waals surface area (Å²) < 4.78 is 1.35. The van der Waals surface area contributed by atoms with Crippen LogP contribution in [0.25, 0.3) is 27.8 Å². The lowest BCUT2D eigenvalue weighted by Gasteiger charge is -2.04.